The Morgan fingerprint density at radius 3 is 2.58 bits per heavy atom. The zero-order valence-corrected chi connectivity index (χ0v) is 19.9. The third kappa shape index (κ3) is 5.42. The summed E-state index contributed by atoms with van der Waals surface area (Å²) in [6.45, 7) is 8.96. The first-order chi connectivity index (χ1) is 14.7. The molecule has 0 spiro atoms. The van der Waals surface area contributed by atoms with Crippen LogP contribution in [0.1, 0.15) is 51.4 Å². The van der Waals surface area contributed by atoms with Gasteiger partial charge in [0.05, 0.1) is 34.5 Å². The van der Waals surface area contributed by atoms with Crippen molar-refractivity contribution < 1.29 is 14.3 Å². The lowest BCUT2D eigenvalue weighted by Crippen LogP contribution is -2.40. The van der Waals surface area contributed by atoms with Gasteiger partial charge < -0.3 is 15.4 Å². The minimum absolute atomic E-state index is 0.262. The molecule has 0 aromatic carbocycles. The lowest BCUT2D eigenvalue weighted by molar-refractivity contribution is -0.119. The summed E-state index contributed by atoms with van der Waals surface area (Å²) < 4.78 is 5.87. The van der Waals surface area contributed by atoms with E-state index in [1.807, 2.05) is 20.8 Å². The van der Waals surface area contributed by atoms with Gasteiger partial charge in [-0.15, -0.1) is 22.7 Å². The summed E-state index contributed by atoms with van der Waals surface area (Å²) in [5.41, 5.74) is 6.99. The number of nitrogens with two attached hydrogens (primary N) is 1. The molecule has 0 radical (unpaired) electrons. The van der Waals surface area contributed by atoms with E-state index >= 15 is 0 Å². The van der Waals surface area contributed by atoms with Crippen LogP contribution in [0.4, 0.5) is 4.79 Å². The van der Waals surface area contributed by atoms with Gasteiger partial charge in [-0.25, -0.2) is 14.8 Å². The van der Waals surface area contributed by atoms with E-state index in [0.29, 0.717) is 19.5 Å². The standard InChI is InChI=1S/C21H29N5O3S2/c1-13-23-14-6-9-26(11-17(14)30-13)20(28)29-21(2,3)7-4-19-24-15-5-8-25(12-18(22)27)10-16(15)31-19/h4-12H2,1-3H3,(H2,22,27). The summed E-state index contributed by atoms with van der Waals surface area (Å²) in [6.07, 6.45) is 2.82. The summed E-state index contributed by atoms with van der Waals surface area (Å²) in [5.74, 6) is -0.299. The van der Waals surface area contributed by atoms with E-state index in [1.54, 1.807) is 27.6 Å². The second kappa shape index (κ2) is 8.84. The van der Waals surface area contributed by atoms with Gasteiger partial charge in [0.25, 0.3) is 0 Å². The van der Waals surface area contributed by atoms with Crippen molar-refractivity contribution in [3.63, 3.8) is 0 Å². The van der Waals surface area contributed by atoms with E-state index in [9.17, 15) is 9.59 Å². The number of primary amides is 1. The van der Waals surface area contributed by atoms with Crippen molar-refractivity contribution in [1.29, 1.82) is 0 Å². The third-order valence-corrected chi connectivity index (χ3v) is 7.77. The second-order valence-electron chi connectivity index (χ2n) is 8.81. The van der Waals surface area contributed by atoms with Crippen LogP contribution in [0.2, 0.25) is 0 Å². The maximum absolute atomic E-state index is 12.8. The molecule has 0 saturated heterocycles. The number of aromatic nitrogens is 2. The number of thiazole rings is 2. The normalized spacial score (nSPS) is 16.7. The van der Waals surface area contributed by atoms with Crippen LogP contribution in [-0.2, 0) is 41.9 Å². The van der Waals surface area contributed by atoms with Gasteiger partial charge in [0.2, 0.25) is 5.91 Å². The molecule has 4 heterocycles. The molecule has 2 aromatic heterocycles. The SMILES string of the molecule is Cc1nc2c(s1)CN(C(=O)OC(C)(C)CCc1nc3c(s1)CN(CC(N)=O)CC3)CC2. The lowest BCUT2D eigenvalue weighted by atomic mass is 10.0. The Balaban J connectivity index is 1.30. The predicted octanol–water partition coefficient (Wildman–Crippen LogP) is 2.66. The van der Waals surface area contributed by atoms with E-state index in [0.717, 1.165) is 58.6 Å². The molecule has 0 fully saturated rings. The first kappa shape index (κ1) is 22.2. The van der Waals surface area contributed by atoms with Gasteiger partial charge in [0, 0.05) is 48.7 Å². The molecular formula is C21H29N5O3S2. The Labute approximate surface area is 190 Å². The van der Waals surface area contributed by atoms with E-state index in [-0.39, 0.29) is 18.5 Å². The molecule has 0 bridgehead atoms. The maximum atomic E-state index is 12.8. The fourth-order valence-corrected chi connectivity index (χ4v) is 6.16. The van der Waals surface area contributed by atoms with Gasteiger partial charge >= 0.3 is 6.09 Å². The van der Waals surface area contributed by atoms with Crippen LogP contribution in [0.3, 0.4) is 0 Å². The fourth-order valence-electron chi connectivity index (χ4n) is 4.00. The number of nitrogens with zero attached hydrogens (tertiary/aromatic N) is 4. The summed E-state index contributed by atoms with van der Waals surface area (Å²) in [7, 11) is 0. The highest BCUT2D eigenvalue weighted by Gasteiger charge is 2.30. The Morgan fingerprint density at radius 2 is 1.81 bits per heavy atom. The van der Waals surface area contributed by atoms with Crippen LogP contribution in [0.5, 0.6) is 0 Å². The minimum Gasteiger partial charge on any atom is -0.443 e. The molecule has 0 aliphatic carbocycles. The van der Waals surface area contributed by atoms with Gasteiger partial charge in [0.1, 0.15) is 5.60 Å². The largest absolute Gasteiger partial charge is 0.443 e. The average molecular weight is 464 g/mol. The molecule has 8 nitrogen and oxygen atoms in total. The first-order valence-corrected chi connectivity index (χ1v) is 12.2. The van der Waals surface area contributed by atoms with Gasteiger partial charge in [0.15, 0.2) is 0 Å². The average Bonchev–Trinajstić information content (AvgIpc) is 3.26. The topological polar surface area (TPSA) is 102 Å². The maximum Gasteiger partial charge on any atom is 0.410 e. The van der Waals surface area contributed by atoms with Gasteiger partial charge in [-0.3, -0.25) is 9.69 Å². The number of carbonyl (C=O) groups is 2. The predicted molar refractivity (Wildman–Crippen MR) is 120 cm³/mol. The van der Waals surface area contributed by atoms with E-state index in [2.05, 4.69) is 9.88 Å². The molecule has 2 amide bonds. The van der Waals surface area contributed by atoms with Crippen molar-refractivity contribution >= 4 is 34.7 Å². The van der Waals surface area contributed by atoms with Gasteiger partial charge in [-0.1, -0.05) is 0 Å². The molecule has 4 rings (SSSR count). The van der Waals surface area contributed by atoms with Crippen molar-refractivity contribution in [3.8, 4) is 0 Å². The van der Waals surface area contributed by atoms with Crippen LogP contribution in [-0.4, -0.2) is 57.0 Å². The molecule has 0 atom stereocenters. The summed E-state index contributed by atoms with van der Waals surface area (Å²) in [4.78, 5) is 39.5. The highest BCUT2D eigenvalue weighted by molar-refractivity contribution is 7.12. The van der Waals surface area contributed by atoms with Crippen molar-refractivity contribution in [2.75, 3.05) is 19.6 Å². The smallest absolute Gasteiger partial charge is 0.410 e. The monoisotopic (exact) mass is 463 g/mol. The highest BCUT2D eigenvalue weighted by Crippen LogP contribution is 2.29. The number of carbonyl (C=O) groups excluding carboxylic acids is 2. The van der Waals surface area contributed by atoms with Crippen molar-refractivity contribution in [1.82, 2.24) is 19.8 Å². The van der Waals surface area contributed by atoms with Crippen molar-refractivity contribution in [2.45, 2.75) is 65.1 Å². The van der Waals surface area contributed by atoms with E-state index < -0.39 is 5.60 Å². The summed E-state index contributed by atoms with van der Waals surface area (Å²) in [5, 5.41) is 2.10. The minimum atomic E-state index is -0.578. The molecule has 2 aliphatic heterocycles. The third-order valence-electron chi connectivity index (χ3n) is 5.63. The van der Waals surface area contributed by atoms with Crippen LogP contribution in [0.25, 0.3) is 0 Å². The van der Waals surface area contributed by atoms with Crippen LogP contribution in [0, 0.1) is 6.92 Å². The molecule has 2 aliphatic rings. The number of aryl methyl sites for hydroxylation is 2. The summed E-state index contributed by atoms with van der Waals surface area (Å²) in [6, 6.07) is 0. The number of amides is 2. The van der Waals surface area contributed by atoms with Crippen molar-refractivity contribution in [3.05, 3.63) is 31.2 Å². The Kier molecular flexibility index (Phi) is 6.32. The lowest BCUT2D eigenvalue weighted by Gasteiger charge is -2.31. The number of rotatable bonds is 6. The quantitative estimate of drug-likeness (QED) is 0.707. The zero-order valence-electron chi connectivity index (χ0n) is 18.3. The first-order valence-electron chi connectivity index (χ1n) is 10.6. The number of ether oxygens (including phenoxy) is 1. The van der Waals surface area contributed by atoms with E-state index in [1.165, 1.54) is 4.88 Å². The fraction of sp³-hybridized carbons (Fsp3) is 0.619. The molecule has 2 N–H and O–H groups in total. The zero-order chi connectivity index (χ0) is 22.2. The van der Waals surface area contributed by atoms with Crippen LogP contribution in [0.15, 0.2) is 0 Å². The van der Waals surface area contributed by atoms with Gasteiger partial charge in [-0.05, 0) is 27.2 Å². The van der Waals surface area contributed by atoms with E-state index in [4.69, 9.17) is 15.5 Å². The molecule has 168 valence electrons. The Hall–Kier alpha value is -2.04. The van der Waals surface area contributed by atoms with Gasteiger partial charge in [-0.2, -0.15) is 0 Å². The van der Waals surface area contributed by atoms with Crippen LogP contribution >= 0.6 is 22.7 Å². The van der Waals surface area contributed by atoms with Crippen LogP contribution < -0.4 is 5.73 Å². The molecule has 0 saturated carbocycles. The molecule has 31 heavy (non-hydrogen) atoms. The number of hydrogen-bond acceptors (Lipinski definition) is 8. The number of fused-ring (bicyclic) bond motifs is 2. The highest BCUT2D eigenvalue weighted by atomic mass is 32.1. The molecule has 2 aromatic rings. The van der Waals surface area contributed by atoms with Crippen molar-refractivity contribution in [2.24, 2.45) is 5.73 Å². The number of hydrogen-bond donors (Lipinski definition) is 1. The molecule has 10 heteroatoms. The molecule has 0 unspecified atom stereocenters. The summed E-state index contributed by atoms with van der Waals surface area (Å²) >= 11 is 3.34. The second-order valence-corrected chi connectivity index (χ2v) is 11.3. The Morgan fingerprint density at radius 1 is 1.10 bits per heavy atom. The Bertz CT molecular complexity index is 984. The molecular weight excluding hydrogens is 434 g/mol.